The molecule has 0 radical (unpaired) electrons. The molecule has 146 heavy (non-hydrogen) atoms. The van der Waals surface area contributed by atoms with Crippen LogP contribution in [-0.4, -0.2) is 34.2 Å². The van der Waals surface area contributed by atoms with Gasteiger partial charge < -0.3 is 27.9 Å². The number of aromatic nitrogens is 4. The minimum absolute atomic E-state index is 0.303. The van der Waals surface area contributed by atoms with E-state index in [1.807, 2.05) is 0 Å². The lowest BCUT2D eigenvalue weighted by Crippen LogP contribution is -2.74. The maximum Gasteiger partial charge on any atom is 0.179 e. The molecule has 22 aromatic carbocycles. The van der Waals surface area contributed by atoms with Crippen molar-refractivity contribution in [3.63, 3.8) is 0 Å². The number of hydrogen-bond donors (Lipinski definition) is 0. The number of anilines is 6. The molecule has 5 aromatic heterocycles. The molecule has 8 heteroatoms. The molecule has 1 aliphatic heterocycles. The average molecular weight is 1890 g/mol. The maximum atomic E-state index is 2.53. The minimum atomic E-state index is -2.65. The summed E-state index contributed by atoms with van der Waals surface area (Å²) in [6.07, 6.45) is 7.87. The number of fused-ring (bicyclic) bond motifs is 18. The minimum Gasteiger partial charge on any atom is -0.312 e. The van der Waals surface area contributed by atoms with Crippen molar-refractivity contribution in [3.05, 3.63) is 570 Å². The van der Waals surface area contributed by atoms with Gasteiger partial charge in [-0.15, -0.1) is 0 Å². The Labute approximate surface area is 849 Å². The fourth-order valence-electron chi connectivity index (χ4n) is 24.7. The van der Waals surface area contributed by atoms with E-state index in [4.69, 9.17) is 0 Å². The molecule has 29 rings (SSSR count). The molecular weight excluding hydrogens is 1800 g/mol. The quantitative estimate of drug-likeness (QED) is 0.0596. The van der Waals surface area contributed by atoms with E-state index in [0.717, 1.165) is 46.2 Å². The van der Waals surface area contributed by atoms with Crippen LogP contribution in [0.25, 0.3) is 154 Å². The first-order valence-electron chi connectivity index (χ1n) is 50.7. The molecule has 0 amide bonds. The fourth-order valence-corrected chi connectivity index (χ4v) is 34.2. The molecule has 0 spiro atoms. The van der Waals surface area contributed by atoms with Gasteiger partial charge in [-0.05, 0) is 239 Å². The monoisotopic (exact) mass is 1890 g/mol. The van der Waals surface area contributed by atoms with Gasteiger partial charge in [0, 0.05) is 111 Å². The first-order chi connectivity index (χ1) is 72.4. The number of benzene rings is 22. The van der Waals surface area contributed by atoms with Crippen molar-refractivity contribution in [2.75, 3.05) is 9.80 Å². The zero-order chi connectivity index (χ0) is 96.3. The third-order valence-electron chi connectivity index (χ3n) is 31.1. The van der Waals surface area contributed by atoms with Crippen LogP contribution in [0, 0.1) is 0 Å². The van der Waals surface area contributed by atoms with Crippen LogP contribution in [0.5, 0.6) is 0 Å². The van der Waals surface area contributed by atoms with Gasteiger partial charge in [-0.25, -0.2) is 0 Å². The van der Waals surface area contributed by atoms with E-state index in [0.29, 0.717) is 5.92 Å². The van der Waals surface area contributed by atoms with E-state index >= 15 is 0 Å². The summed E-state index contributed by atoms with van der Waals surface area (Å²) in [7, 11) is -5.29. The van der Waals surface area contributed by atoms with E-state index in [-0.39, 0.29) is 0 Å². The summed E-state index contributed by atoms with van der Waals surface area (Å²) in [4.78, 5) is 4.93. The van der Waals surface area contributed by atoms with E-state index in [1.165, 1.54) is 195 Å². The second-order valence-corrected chi connectivity index (χ2v) is 46.4. The molecule has 2 aliphatic rings. The SMILES string of the molecule is C1=CCC2C(=C1)n1c3ccccc3c3cc(N(c4ccc(-c5ccc([Si](c6ccccc6)(c6ccccc6)c6ccccc6)cc5)cc4)c4ccc(-c5ccc6c(c5)c5ccccc5n6-c5ccccc5)cc4)cc2c31.c1ccc(-n2c3ccccc3c3cc(N(c4ccc(-c5ccc([Si](c6ccccc6)(c6ccccc6)c6ccccc6)cc5)cc4)c4cc5c6ccccc6n6c7ccccc7c(c4)c56)ccc32)cc1. The van der Waals surface area contributed by atoms with Crippen LogP contribution in [0.15, 0.2) is 564 Å². The van der Waals surface area contributed by atoms with Crippen molar-refractivity contribution >= 4 is 201 Å². The molecule has 27 aromatic rings. The van der Waals surface area contributed by atoms with Crippen molar-refractivity contribution in [2.45, 2.75) is 12.3 Å². The van der Waals surface area contributed by atoms with Crippen molar-refractivity contribution in [2.24, 2.45) is 0 Å². The van der Waals surface area contributed by atoms with Gasteiger partial charge in [0.1, 0.15) is 0 Å². The van der Waals surface area contributed by atoms with E-state index < -0.39 is 16.1 Å². The van der Waals surface area contributed by atoms with Crippen LogP contribution in [-0.2, 0) is 0 Å². The molecule has 0 fully saturated rings. The summed E-state index contributed by atoms with van der Waals surface area (Å²) in [6, 6.07) is 203. The lowest BCUT2D eigenvalue weighted by atomic mass is 9.90. The molecule has 686 valence electrons. The Kier molecular flexibility index (Phi) is 20.7. The third kappa shape index (κ3) is 13.8. The molecule has 0 bridgehead atoms. The molecule has 0 saturated carbocycles. The first-order valence-corrected chi connectivity index (χ1v) is 54.7. The maximum absolute atomic E-state index is 2.65. The highest BCUT2D eigenvalue weighted by atomic mass is 28.3. The molecule has 1 unspecified atom stereocenters. The smallest absolute Gasteiger partial charge is 0.179 e. The third-order valence-corrected chi connectivity index (χ3v) is 40.7. The Morgan fingerprint density at radius 1 is 0.192 bits per heavy atom. The normalized spacial score (nSPS) is 13.0. The topological polar surface area (TPSA) is 25.7 Å². The summed E-state index contributed by atoms with van der Waals surface area (Å²) < 4.78 is 9.76. The van der Waals surface area contributed by atoms with Crippen molar-refractivity contribution in [3.8, 4) is 44.8 Å². The summed E-state index contributed by atoms with van der Waals surface area (Å²) in [5.41, 5.74) is 30.0. The van der Waals surface area contributed by atoms with Crippen molar-refractivity contribution < 1.29 is 0 Å². The Hall–Kier alpha value is -18.4. The Bertz CT molecular complexity index is 9430. The summed E-state index contributed by atoms with van der Waals surface area (Å²) in [5, 5.41) is 23.5. The largest absolute Gasteiger partial charge is 0.312 e. The zero-order valence-electron chi connectivity index (χ0n) is 80.2. The first kappa shape index (κ1) is 85.5. The number of hydrogen-bond acceptors (Lipinski definition) is 2. The molecule has 6 heterocycles. The number of para-hydroxylation sites is 7. The molecule has 0 saturated heterocycles. The standard InChI is InChI=1S/C72H51N3Si.C66H45N3Si/c1-5-19-54(20-6-1)74-68-30-16-13-27-62(68)65-47-53(39-46-71(65)74)52-35-42-56(43-36-52)73(57-48-66-63-28-14-17-31-69(63)75-70-32-18-15-29-64(70)67(49-57)72(66)75)55-40-33-50(34-41-55)51-37-44-61(45-38-51)76(58-21-7-2-8-22-58,59-23-9-3-10-24-59)60-25-11-4-12-26-60;1-5-19-48(20-6-1)68-62-30-16-13-27-56(62)59-43-50(39-42-65(59)68)67(51-44-60-57-28-14-17-31-63(57)69-64-32-18-15-29-58(64)61(45-51)66(60)69)49-37-33-46(34-38-49)47-35-40-55(41-36-47)70(52-21-7-2-8-22-52,53-23-9-3-10-24-53)54-25-11-4-12-26-54/h1-28,30-49,64H,29H2;1-45H. The van der Waals surface area contributed by atoms with Crippen molar-refractivity contribution in [1.82, 2.24) is 18.1 Å². The Morgan fingerprint density at radius 2 is 0.459 bits per heavy atom. The predicted octanol–water partition coefficient (Wildman–Crippen LogP) is 30.4. The average Bonchev–Trinajstić information content (AvgIpc) is 1.53. The summed E-state index contributed by atoms with van der Waals surface area (Å²) in [6.45, 7) is 0. The molecular formula is C138H96N6Si2. The van der Waals surface area contributed by atoms with Gasteiger partial charge in [-0.2, -0.15) is 0 Å². The second kappa shape index (κ2) is 35.4. The number of rotatable bonds is 19. The van der Waals surface area contributed by atoms with Gasteiger partial charge in [0.05, 0.1) is 49.7 Å². The van der Waals surface area contributed by atoms with Crippen LogP contribution in [0.1, 0.15) is 17.9 Å². The highest BCUT2D eigenvalue weighted by Gasteiger charge is 2.44. The molecule has 6 nitrogen and oxygen atoms in total. The highest BCUT2D eigenvalue weighted by molar-refractivity contribution is 7.20. The van der Waals surface area contributed by atoms with Crippen LogP contribution < -0.4 is 51.3 Å². The van der Waals surface area contributed by atoms with Crippen LogP contribution in [0.4, 0.5) is 34.1 Å². The van der Waals surface area contributed by atoms with Gasteiger partial charge in [0.25, 0.3) is 0 Å². The van der Waals surface area contributed by atoms with Gasteiger partial charge in [0.15, 0.2) is 16.1 Å². The van der Waals surface area contributed by atoms with Gasteiger partial charge in [0.2, 0.25) is 0 Å². The number of nitrogens with zero attached hydrogens (tertiary/aromatic N) is 6. The zero-order valence-corrected chi connectivity index (χ0v) is 82.2. The van der Waals surface area contributed by atoms with Crippen LogP contribution in [0.3, 0.4) is 0 Å². The summed E-state index contributed by atoms with van der Waals surface area (Å²) >= 11 is 0. The van der Waals surface area contributed by atoms with Gasteiger partial charge >= 0.3 is 0 Å². The fraction of sp³-hybridized carbons (Fsp3) is 0.0145. The Morgan fingerprint density at radius 3 is 0.856 bits per heavy atom. The van der Waals surface area contributed by atoms with Gasteiger partial charge in [-0.3, -0.25) is 0 Å². The summed E-state index contributed by atoms with van der Waals surface area (Å²) in [5.74, 6) is 0.303. The van der Waals surface area contributed by atoms with E-state index in [1.54, 1.807) is 0 Å². The van der Waals surface area contributed by atoms with Crippen molar-refractivity contribution in [1.29, 1.82) is 0 Å². The second-order valence-electron chi connectivity index (χ2n) is 38.8. The molecule has 1 aliphatic carbocycles. The van der Waals surface area contributed by atoms with Crippen LogP contribution >= 0.6 is 0 Å². The van der Waals surface area contributed by atoms with Crippen LogP contribution in [0.2, 0.25) is 0 Å². The van der Waals surface area contributed by atoms with Gasteiger partial charge in [-0.1, -0.05) is 413 Å². The highest BCUT2D eigenvalue weighted by Crippen LogP contribution is 2.54. The lowest BCUT2D eigenvalue weighted by Gasteiger charge is -2.34. The van der Waals surface area contributed by atoms with E-state index in [9.17, 15) is 0 Å². The predicted molar refractivity (Wildman–Crippen MR) is 623 cm³/mol. The Balaban J connectivity index is 0.000000142. The number of allylic oxidation sites excluding steroid dienone is 4. The molecule has 1 atom stereocenters. The molecule has 0 N–H and O–H groups in total. The van der Waals surface area contributed by atoms with E-state index in [2.05, 4.69) is 592 Å². The lowest BCUT2D eigenvalue weighted by molar-refractivity contribution is 0.873.